The molecule has 3 heteroatoms. The third kappa shape index (κ3) is 2.73. The maximum atomic E-state index is 12.5. The van der Waals surface area contributed by atoms with Gasteiger partial charge >= 0.3 is 6.11 Å². The molecule has 0 N–H and O–H groups in total. The fourth-order valence-corrected chi connectivity index (χ4v) is 1.00. The maximum Gasteiger partial charge on any atom is 0.355 e. The van der Waals surface area contributed by atoms with Crippen LogP contribution in [-0.4, -0.2) is 12.7 Å². The summed E-state index contributed by atoms with van der Waals surface area (Å²) < 4.78 is 29.4. The first-order chi connectivity index (χ1) is 5.14. The Bertz CT molecular complexity index is 121. The molecule has 1 aliphatic rings. The van der Waals surface area contributed by atoms with Gasteiger partial charge in [0.15, 0.2) is 0 Å². The number of ether oxygens (including phenoxy) is 1. The molecule has 0 atom stereocenters. The van der Waals surface area contributed by atoms with Crippen molar-refractivity contribution in [2.45, 2.75) is 38.7 Å². The molecule has 66 valence electrons. The summed E-state index contributed by atoms with van der Waals surface area (Å²) in [5.74, 6) is 0.396. The summed E-state index contributed by atoms with van der Waals surface area (Å²) in [6.07, 6.45) is 0.167. The summed E-state index contributed by atoms with van der Waals surface area (Å²) in [7, 11) is 0. The van der Waals surface area contributed by atoms with Gasteiger partial charge in [0.2, 0.25) is 0 Å². The van der Waals surface area contributed by atoms with E-state index in [0.717, 1.165) is 12.8 Å². The van der Waals surface area contributed by atoms with Crippen LogP contribution in [0.15, 0.2) is 0 Å². The van der Waals surface area contributed by atoms with E-state index < -0.39 is 6.11 Å². The Hall–Kier alpha value is -0.180. The van der Waals surface area contributed by atoms with Crippen LogP contribution in [0.3, 0.4) is 0 Å². The summed E-state index contributed by atoms with van der Waals surface area (Å²) >= 11 is 0. The first-order valence-corrected chi connectivity index (χ1v) is 4.16. The molecule has 0 amide bonds. The van der Waals surface area contributed by atoms with Crippen LogP contribution in [0.2, 0.25) is 0 Å². The zero-order valence-electron chi connectivity index (χ0n) is 6.78. The van der Waals surface area contributed by atoms with Crippen LogP contribution in [0, 0.1) is 5.92 Å². The summed E-state index contributed by atoms with van der Waals surface area (Å²) in [5.41, 5.74) is 0. The predicted octanol–water partition coefficient (Wildman–Crippen LogP) is 2.81. The van der Waals surface area contributed by atoms with Gasteiger partial charge in [-0.1, -0.05) is 13.3 Å². The Kier molecular flexibility index (Phi) is 2.82. The Morgan fingerprint density at radius 2 is 2.09 bits per heavy atom. The first kappa shape index (κ1) is 8.91. The largest absolute Gasteiger partial charge is 0.355 e. The standard InChI is InChI=1S/C8H14F2O/c1-2-8(9,10)11-6-7-4-3-5-7/h7H,2-6H2,1H3. The van der Waals surface area contributed by atoms with Gasteiger partial charge in [0.25, 0.3) is 0 Å². The number of alkyl halides is 2. The van der Waals surface area contributed by atoms with Crippen LogP contribution in [0.5, 0.6) is 0 Å². The summed E-state index contributed by atoms with van der Waals surface area (Å²) in [5, 5.41) is 0. The Morgan fingerprint density at radius 1 is 1.45 bits per heavy atom. The van der Waals surface area contributed by atoms with Gasteiger partial charge in [0.05, 0.1) is 6.61 Å². The molecule has 0 aliphatic heterocycles. The zero-order valence-corrected chi connectivity index (χ0v) is 6.78. The highest BCUT2D eigenvalue weighted by atomic mass is 19.3. The Labute approximate surface area is 65.7 Å². The monoisotopic (exact) mass is 164 g/mol. The van der Waals surface area contributed by atoms with Crippen molar-refractivity contribution in [1.29, 1.82) is 0 Å². The smallest absolute Gasteiger partial charge is 0.320 e. The number of rotatable bonds is 4. The van der Waals surface area contributed by atoms with Crippen LogP contribution in [0.1, 0.15) is 32.6 Å². The first-order valence-electron chi connectivity index (χ1n) is 4.16. The van der Waals surface area contributed by atoms with Crippen molar-refractivity contribution in [2.24, 2.45) is 5.92 Å². The van der Waals surface area contributed by atoms with Crippen molar-refractivity contribution in [1.82, 2.24) is 0 Å². The fourth-order valence-electron chi connectivity index (χ4n) is 1.00. The summed E-state index contributed by atoms with van der Waals surface area (Å²) in [6.45, 7) is 1.67. The van der Waals surface area contributed by atoms with Gasteiger partial charge in [-0.25, -0.2) is 0 Å². The second-order valence-corrected chi connectivity index (χ2v) is 3.10. The molecule has 1 rings (SSSR count). The molecule has 1 saturated carbocycles. The minimum atomic E-state index is -2.89. The molecule has 0 heterocycles. The Morgan fingerprint density at radius 3 is 2.45 bits per heavy atom. The highest BCUT2D eigenvalue weighted by Crippen LogP contribution is 2.29. The predicted molar refractivity (Wildman–Crippen MR) is 38.5 cm³/mol. The zero-order chi connectivity index (χ0) is 8.32. The third-order valence-electron chi connectivity index (χ3n) is 2.17. The molecule has 1 aliphatic carbocycles. The van der Waals surface area contributed by atoms with Crippen molar-refractivity contribution < 1.29 is 13.5 Å². The highest BCUT2D eigenvalue weighted by Gasteiger charge is 2.29. The van der Waals surface area contributed by atoms with Gasteiger partial charge in [-0.15, -0.1) is 0 Å². The normalized spacial score (nSPS) is 19.9. The lowest BCUT2D eigenvalue weighted by molar-refractivity contribution is -0.247. The quantitative estimate of drug-likeness (QED) is 0.620. The molecule has 0 aromatic rings. The average Bonchev–Trinajstić information content (AvgIpc) is 1.84. The minimum Gasteiger partial charge on any atom is -0.320 e. The SMILES string of the molecule is CCC(F)(F)OCC1CCC1. The van der Waals surface area contributed by atoms with Gasteiger partial charge in [-0.05, 0) is 18.8 Å². The topological polar surface area (TPSA) is 9.23 Å². The van der Waals surface area contributed by atoms with E-state index in [0.29, 0.717) is 5.92 Å². The van der Waals surface area contributed by atoms with Crippen molar-refractivity contribution in [3.05, 3.63) is 0 Å². The van der Waals surface area contributed by atoms with E-state index in [2.05, 4.69) is 4.74 Å². The second kappa shape index (κ2) is 3.48. The van der Waals surface area contributed by atoms with Gasteiger partial charge < -0.3 is 4.74 Å². The van der Waals surface area contributed by atoms with Crippen LogP contribution < -0.4 is 0 Å². The van der Waals surface area contributed by atoms with Gasteiger partial charge in [0, 0.05) is 6.42 Å². The van der Waals surface area contributed by atoms with E-state index in [9.17, 15) is 8.78 Å². The number of hydrogen-bond acceptors (Lipinski definition) is 1. The van der Waals surface area contributed by atoms with E-state index in [1.54, 1.807) is 0 Å². The van der Waals surface area contributed by atoms with E-state index in [1.165, 1.54) is 13.3 Å². The fraction of sp³-hybridized carbons (Fsp3) is 1.00. The molecule has 1 fully saturated rings. The van der Waals surface area contributed by atoms with E-state index >= 15 is 0 Å². The maximum absolute atomic E-state index is 12.5. The lowest BCUT2D eigenvalue weighted by Gasteiger charge is -2.26. The van der Waals surface area contributed by atoms with E-state index in [4.69, 9.17) is 0 Å². The van der Waals surface area contributed by atoms with Crippen LogP contribution >= 0.6 is 0 Å². The third-order valence-corrected chi connectivity index (χ3v) is 2.17. The number of halogens is 2. The molecule has 0 aromatic carbocycles. The van der Waals surface area contributed by atoms with Crippen molar-refractivity contribution in [2.75, 3.05) is 6.61 Å². The molecule has 0 radical (unpaired) electrons. The molecule has 11 heavy (non-hydrogen) atoms. The molecular weight excluding hydrogens is 150 g/mol. The van der Waals surface area contributed by atoms with Gasteiger partial charge in [-0.2, -0.15) is 8.78 Å². The summed E-state index contributed by atoms with van der Waals surface area (Å²) in [4.78, 5) is 0. The second-order valence-electron chi connectivity index (χ2n) is 3.10. The van der Waals surface area contributed by atoms with Crippen LogP contribution in [0.4, 0.5) is 8.78 Å². The van der Waals surface area contributed by atoms with E-state index in [1.807, 2.05) is 0 Å². The van der Waals surface area contributed by atoms with Crippen LogP contribution in [-0.2, 0) is 4.74 Å². The lowest BCUT2D eigenvalue weighted by atomic mass is 9.86. The van der Waals surface area contributed by atoms with Crippen molar-refractivity contribution >= 4 is 0 Å². The molecule has 0 aromatic heterocycles. The van der Waals surface area contributed by atoms with Crippen LogP contribution in [0.25, 0.3) is 0 Å². The average molecular weight is 164 g/mol. The molecular formula is C8H14F2O. The highest BCUT2D eigenvalue weighted by molar-refractivity contribution is 4.69. The Balaban J connectivity index is 2.09. The van der Waals surface area contributed by atoms with Gasteiger partial charge in [-0.3, -0.25) is 0 Å². The van der Waals surface area contributed by atoms with Crippen molar-refractivity contribution in [3.63, 3.8) is 0 Å². The van der Waals surface area contributed by atoms with Gasteiger partial charge in [0.1, 0.15) is 0 Å². The summed E-state index contributed by atoms with van der Waals surface area (Å²) in [6, 6.07) is 0. The van der Waals surface area contributed by atoms with Crippen molar-refractivity contribution in [3.8, 4) is 0 Å². The molecule has 0 saturated heterocycles. The molecule has 0 spiro atoms. The minimum absolute atomic E-state index is 0.222. The molecule has 0 unspecified atom stereocenters. The molecule has 1 nitrogen and oxygen atoms in total. The lowest BCUT2D eigenvalue weighted by Crippen LogP contribution is -2.26. The number of hydrogen-bond donors (Lipinski definition) is 0. The van der Waals surface area contributed by atoms with E-state index in [-0.39, 0.29) is 13.0 Å². The molecule has 0 bridgehead atoms.